The van der Waals surface area contributed by atoms with Crippen molar-refractivity contribution in [2.24, 2.45) is 7.05 Å². The number of nitrogens with zero attached hydrogens (tertiary/aromatic N) is 4. The van der Waals surface area contributed by atoms with E-state index in [1.165, 1.54) is 10.9 Å². The minimum atomic E-state index is -0.142. The maximum atomic E-state index is 13.1. The Morgan fingerprint density at radius 3 is 2.89 bits per heavy atom. The van der Waals surface area contributed by atoms with Crippen LogP contribution >= 0.6 is 0 Å². The van der Waals surface area contributed by atoms with Crippen LogP contribution in [0.2, 0.25) is 0 Å². The molecule has 0 unspecified atom stereocenters. The lowest BCUT2D eigenvalue weighted by atomic mass is 10.1. The van der Waals surface area contributed by atoms with Crippen molar-refractivity contribution in [2.75, 3.05) is 26.3 Å². The normalized spacial score (nSPS) is 21.6. The molecule has 0 saturated carbocycles. The van der Waals surface area contributed by atoms with Gasteiger partial charge in [0.05, 0.1) is 35.9 Å². The first kappa shape index (κ1) is 18.6. The molecule has 2 fully saturated rings. The topological polar surface area (TPSA) is 84.7 Å². The molecule has 0 N–H and O–H groups in total. The lowest BCUT2D eigenvalue weighted by Crippen LogP contribution is -2.40. The molecule has 2 aliphatic heterocycles. The van der Waals surface area contributed by atoms with Crippen LogP contribution in [-0.2, 0) is 16.6 Å². The zero-order valence-corrected chi connectivity index (χ0v) is 16.1. The minimum Gasteiger partial charge on any atom is -0.380 e. The molecule has 2 amide bonds. The highest BCUT2D eigenvalue weighted by Gasteiger charge is 2.48. The van der Waals surface area contributed by atoms with Gasteiger partial charge in [0.15, 0.2) is 0 Å². The number of carbonyl (C=O) groups excluding carboxylic acids is 2. The highest BCUT2D eigenvalue weighted by atomic mass is 16.5. The number of hydrogen-bond acceptors (Lipinski definition) is 5. The Morgan fingerprint density at radius 2 is 2.11 bits per heavy atom. The van der Waals surface area contributed by atoms with Crippen LogP contribution in [0.15, 0.2) is 29.3 Å². The second-order valence-corrected chi connectivity index (χ2v) is 7.30. The van der Waals surface area contributed by atoms with E-state index in [-0.39, 0.29) is 29.5 Å². The van der Waals surface area contributed by atoms with Crippen molar-refractivity contribution in [2.45, 2.75) is 31.8 Å². The lowest BCUT2D eigenvalue weighted by molar-refractivity contribution is -0.129. The van der Waals surface area contributed by atoms with Crippen LogP contribution in [0.3, 0.4) is 0 Å². The quantitative estimate of drug-likeness (QED) is 0.712. The van der Waals surface area contributed by atoms with E-state index in [9.17, 15) is 14.4 Å². The maximum absolute atomic E-state index is 13.1. The Bertz CT molecular complexity index is 986. The van der Waals surface area contributed by atoms with Crippen molar-refractivity contribution in [1.29, 1.82) is 0 Å². The van der Waals surface area contributed by atoms with E-state index in [1.807, 2.05) is 11.8 Å². The predicted octanol–water partition coefficient (Wildman–Crippen LogP) is 0.785. The van der Waals surface area contributed by atoms with Gasteiger partial charge in [-0.3, -0.25) is 14.4 Å². The minimum absolute atomic E-state index is 0.0581. The fourth-order valence-corrected chi connectivity index (χ4v) is 4.29. The van der Waals surface area contributed by atoms with Gasteiger partial charge in [0.1, 0.15) is 0 Å². The maximum Gasteiger partial charge on any atom is 0.260 e. The first-order chi connectivity index (χ1) is 13.5. The van der Waals surface area contributed by atoms with E-state index < -0.39 is 0 Å². The predicted molar refractivity (Wildman–Crippen MR) is 103 cm³/mol. The van der Waals surface area contributed by atoms with Gasteiger partial charge in [0.2, 0.25) is 5.91 Å². The van der Waals surface area contributed by atoms with Gasteiger partial charge < -0.3 is 19.1 Å². The molecule has 2 aromatic rings. The number of amides is 2. The fourth-order valence-electron chi connectivity index (χ4n) is 4.29. The Hall–Kier alpha value is -2.74. The van der Waals surface area contributed by atoms with Gasteiger partial charge >= 0.3 is 0 Å². The van der Waals surface area contributed by atoms with Crippen molar-refractivity contribution < 1.29 is 14.3 Å². The van der Waals surface area contributed by atoms with Crippen molar-refractivity contribution in [3.63, 3.8) is 0 Å². The van der Waals surface area contributed by atoms with E-state index in [0.717, 1.165) is 6.42 Å². The summed E-state index contributed by atoms with van der Waals surface area (Å²) in [5.41, 5.74) is 0.858. The Balaban J connectivity index is 1.55. The van der Waals surface area contributed by atoms with Crippen molar-refractivity contribution in [3.05, 3.63) is 40.4 Å². The largest absolute Gasteiger partial charge is 0.380 e. The summed E-state index contributed by atoms with van der Waals surface area (Å²) >= 11 is 0. The number of likely N-dealkylation sites (tertiary alicyclic amines) is 2. The summed E-state index contributed by atoms with van der Waals surface area (Å²) in [6.07, 6.45) is 2.59. The van der Waals surface area contributed by atoms with Crippen LogP contribution in [0.4, 0.5) is 0 Å². The molecule has 2 aliphatic rings. The van der Waals surface area contributed by atoms with Crippen molar-refractivity contribution in [3.8, 4) is 0 Å². The first-order valence-corrected chi connectivity index (χ1v) is 9.65. The number of hydrogen-bond donors (Lipinski definition) is 0. The summed E-state index contributed by atoms with van der Waals surface area (Å²) < 4.78 is 6.80. The molecule has 1 aromatic heterocycles. The third-order valence-electron chi connectivity index (χ3n) is 5.72. The second kappa shape index (κ2) is 7.35. The van der Waals surface area contributed by atoms with Crippen molar-refractivity contribution >= 4 is 22.7 Å². The highest BCUT2D eigenvalue weighted by Crippen LogP contribution is 2.33. The molecule has 2 saturated heterocycles. The molecule has 0 spiro atoms. The Labute approximate surface area is 162 Å². The summed E-state index contributed by atoms with van der Waals surface area (Å²) in [7, 11) is 1.65. The third-order valence-corrected chi connectivity index (χ3v) is 5.72. The fraction of sp³-hybridized carbons (Fsp3) is 0.500. The molecule has 0 aliphatic carbocycles. The van der Waals surface area contributed by atoms with Crippen LogP contribution in [0, 0.1) is 0 Å². The summed E-state index contributed by atoms with van der Waals surface area (Å²) in [4.78, 5) is 45.6. The molecular weight excluding hydrogens is 360 g/mol. The van der Waals surface area contributed by atoms with Crippen LogP contribution in [-0.4, -0.2) is 69.6 Å². The van der Waals surface area contributed by atoms with Gasteiger partial charge in [-0.25, -0.2) is 4.98 Å². The van der Waals surface area contributed by atoms with E-state index in [0.29, 0.717) is 49.2 Å². The van der Waals surface area contributed by atoms with Gasteiger partial charge in [-0.15, -0.1) is 0 Å². The van der Waals surface area contributed by atoms with Crippen LogP contribution in [0.5, 0.6) is 0 Å². The average molecular weight is 384 g/mol. The van der Waals surface area contributed by atoms with E-state index in [4.69, 9.17) is 4.74 Å². The number of benzene rings is 1. The number of rotatable bonds is 5. The smallest absolute Gasteiger partial charge is 0.260 e. The number of carbonyl (C=O) groups is 2. The number of ether oxygens (including phenoxy) is 1. The monoisotopic (exact) mass is 384 g/mol. The van der Waals surface area contributed by atoms with Crippen molar-refractivity contribution in [1.82, 2.24) is 19.4 Å². The van der Waals surface area contributed by atoms with Gasteiger partial charge in [-0.1, -0.05) is 0 Å². The zero-order chi connectivity index (χ0) is 19.8. The molecule has 8 nitrogen and oxygen atoms in total. The standard InChI is InChI=1S/C20H24N4O4/c1-3-28-9-8-23-16-6-7-24(17(16)11-18(23)25)19(26)13-4-5-14-15(10-13)21-12-22(2)20(14)27/h4-5,10,12,16-17H,3,6-9,11H2,1-2H3/t16-,17-/m0/s1. The molecule has 8 heteroatoms. The number of aryl methyl sites for hydroxylation is 1. The number of fused-ring (bicyclic) bond motifs is 2. The molecule has 28 heavy (non-hydrogen) atoms. The first-order valence-electron chi connectivity index (χ1n) is 9.65. The SMILES string of the molecule is CCOCCN1C(=O)C[C@H]2[C@@H]1CCN2C(=O)c1ccc2c(=O)n(C)cnc2c1. The van der Waals surface area contributed by atoms with E-state index in [1.54, 1.807) is 30.1 Å². The third kappa shape index (κ3) is 3.07. The van der Waals surface area contributed by atoms with Crippen LogP contribution < -0.4 is 5.56 Å². The molecule has 148 valence electrons. The molecule has 1 aromatic carbocycles. The zero-order valence-electron chi connectivity index (χ0n) is 16.1. The molecule has 0 bridgehead atoms. The summed E-state index contributed by atoms with van der Waals surface area (Å²) in [5, 5.41) is 0.485. The molecular formula is C20H24N4O4. The van der Waals surface area contributed by atoms with Gasteiger partial charge in [-0.05, 0) is 31.5 Å². The Morgan fingerprint density at radius 1 is 1.29 bits per heavy atom. The summed E-state index contributed by atoms with van der Waals surface area (Å²) in [6, 6.07) is 4.94. The summed E-state index contributed by atoms with van der Waals surface area (Å²) in [5.74, 6) is -0.0350. The number of aromatic nitrogens is 2. The van der Waals surface area contributed by atoms with E-state index >= 15 is 0 Å². The van der Waals surface area contributed by atoms with Crippen LogP contribution in [0.25, 0.3) is 10.9 Å². The van der Waals surface area contributed by atoms with Gasteiger partial charge in [0, 0.05) is 38.7 Å². The van der Waals surface area contributed by atoms with Gasteiger partial charge in [-0.2, -0.15) is 0 Å². The summed E-state index contributed by atoms with van der Waals surface area (Å²) in [6.45, 7) is 4.26. The molecule has 0 radical (unpaired) electrons. The molecule has 4 rings (SSSR count). The van der Waals surface area contributed by atoms with E-state index in [2.05, 4.69) is 4.98 Å². The highest BCUT2D eigenvalue weighted by molar-refractivity contribution is 5.98. The lowest BCUT2D eigenvalue weighted by Gasteiger charge is -2.25. The second-order valence-electron chi connectivity index (χ2n) is 7.30. The Kier molecular flexibility index (Phi) is 4.89. The molecule has 2 atom stereocenters. The van der Waals surface area contributed by atoms with Gasteiger partial charge in [0.25, 0.3) is 11.5 Å². The average Bonchev–Trinajstić information content (AvgIpc) is 3.23. The van der Waals surface area contributed by atoms with Crippen LogP contribution in [0.1, 0.15) is 30.1 Å². The molecule has 3 heterocycles.